The zero-order chi connectivity index (χ0) is 11.8. The number of carbonyl (C=O) groups is 1. The highest BCUT2D eigenvalue weighted by Gasteiger charge is 2.22. The van der Waals surface area contributed by atoms with Gasteiger partial charge in [0, 0.05) is 4.70 Å². The lowest BCUT2D eigenvalue weighted by Gasteiger charge is -1.93. The molecule has 0 aliphatic carbocycles. The van der Waals surface area contributed by atoms with Gasteiger partial charge >= 0.3 is 0 Å². The van der Waals surface area contributed by atoms with Crippen LogP contribution in [0.4, 0.5) is 0 Å². The Kier molecular flexibility index (Phi) is 2.74. The number of amides is 1. The van der Waals surface area contributed by atoms with Gasteiger partial charge in [0.25, 0.3) is 5.91 Å². The maximum atomic E-state index is 11.6. The average Bonchev–Trinajstić information content (AvgIpc) is 2.85. The van der Waals surface area contributed by atoms with Gasteiger partial charge in [-0.3, -0.25) is 4.79 Å². The molecule has 2 aromatic rings. The molecule has 2 heterocycles. The molecule has 1 fully saturated rings. The molecule has 0 radical (unpaired) electrons. The Balaban J connectivity index is 2.08. The van der Waals surface area contributed by atoms with E-state index in [-0.39, 0.29) is 5.91 Å². The van der Waals surface area contributed by atoms with Crippen LogP contribution in [0.25, 0.3) is 16.2 Å². The Labute approximate surface area is 112 Å². The van der Waals surface area contributed by atoms with Gasteiger partial charge in [-0.15, -0.1) is 11.3 Å². The van der Waals surface area contributed by atoms with Gasteiger partial charge in [0.1, 0.15) is 4.32 Å². The SMILES string of the molecule is O=C1NC(=S)S/C1=C\c1csc2ccccc12. The first-order valence-electron chi connectivity index (χ1n) is 4.95. The van der Waals surface area contributed by atoms with E-state index < -0.39 is 0 Å². The molecule has 0 spiro atoms. The summed E-state index contributed by atoms with van der Waals surface area (Å²) in [5.41, 5.74) is 1.08. The number of thiocarbonyl (C=S) groups is 1. The first-order chi connectivity index (χ1) is 8.24. The number of hydrogen-bond acceptors (Lipinski definition) is 4. The van der Waals surface area contributed by atoms with Crippen molar-refractivity contribution in [2.45, 2.75) is 0 Å². The third kappa shape index (κ3) is 2.01. The summed E-state index contributed by atoms with van der Waals surface area (Å²) < 4.78 is 1.76. The minimum atomic E-state index is -0.102. The van der Waals surface area contributed by atoms with Gasteiger partial charge in [-0.05, 0) is 28.5 Å². The van der Waals surface area contributed by atoms with Gasteiger partial charge in [-0.1, -0.05) is 42.2 Å². The van der Waals surface area contributed by atoms with E-state index in [0.717, 1.165) is 5.56 Å². The molecule has 1 aliphatic rings. The molecule has 5 heteroatoms. The van der Waals surface area contributed by atoms with E-state index in [1.807, 2.05) is 18.2 Å². The zero-order valence-corrected chi connectivity index (χ0v) is 11.0. The lowest BCUT2D eigenvalue weighted by Crippen LogP contribution is -2.17. The third-order valence-electron chi connectivity index (χ3n) is 2.44. The van der Waals surface area contributed by atoms with Crippen molar-refractivity contribution >= 4 is 61.7 Å². The van der Waals surface area contributed by atoms with Gasteiger partial charge in [0.15, 0.2) is 0 Å². The first-order valence-corrected chi connectivity index (χ1v) is 7.05. The van der Waals surface area contributed by atoms with Gasteiger partial charge < -0.3 is 5.32 Å². The van der Waals surface area contributed by atoms with Crippen molar-refractivity contribution in [3.63, 3.8) is 0 Å². The molecule has 1 aliphatic heterocycles. The molecule has 1 aromatic carbocycles. The summed E-state index contributed by atoms with van der Waals surface area (Å²) in [6.45, 7) is 0. The van der Waals surface area contributed by atoms with E-state index in [4.69, 9.17) is 12.2 Å². The second-order valence-electron chi connectivity index (χ2n) is 3.54. The number of rotatable bonds is 1. The number of thioether (sulfide) groups is 1. The number of carbonyl (C=O) groups excluding carboxylic acids is 1. The van der Waals surface area contributed by atoms with Crippen LogP contribution in [0.1, 0.15) is 5.56 Å². The van der Waals surface area contributed by atoms with Crippen LogP contribution in [-0.2, 0) is 4.79 Å². The largest absolute Gasteiger partial charge is 0.307 e. The number of hydrogen-bond donors (Lipinski definition) is 1. The lowest BCUT2D eigenvalue weighted by atomic mass is 10.1. The summed E-state index contributed by atoms with van der Waals surface area (Å²) in [5, 5.41) is 5.86. The minimum Gasteiger partial charge on any atom is -0.307 e. The molecule has 0 bridgehead atoms. The van der Waals surface area contributed by atoms with Crippen molar-refractivity contribution < 1.29 is 4.79 Å². The summed E-state index contributed by atoms with van der Waals surface area (Å²) in [7, 11) is 0. The molecule has 84 valence electrons. The molecular weight excluding hydrogens is 270 g/mol. The van der Waals surface area contributed by atoms with Gasteiger partial charge in [-0.25, -0.2) is 0 Å². The predicted octanol–water partition coefficient (Wildman–Crippen LogP) is 3.39. The number of fused-ring (bicyclic) bond motifs is 1. The monoisotopic (exact) mass is 277 g/mol. The molecule has 1 amide bonds. The maximum Gasteiger partial charge on any atom is 0.263 e. The van der Waals surface area contributed by atoms with Crippen LogP contribution in [0.3, 0.4) is 0 Å². The fourth-order valence-corrected chi connectivity index (χ4v) is 3.63. The second-order valence-corrected chi connectivity index (χ2v) is 6.17. The first kappa shape index (κ1) is 11.0. The Morgan fingerprint density at radius 2 is 2.12 bits per heavy atom. The van der Waals surface area contributed by atoms with Crippen molar-refractivity contribution in [3.8, 4) is 0 Å². The van der Waals surface area contributed by atoms with Gasteiger partial charge in [0.05, 0.1) is 4.91 Å². The Morgan fingerprint density at radius 1 is 1.29 bits per heavy atom. The van der Waals surface area contributed by atoms with Gasteiger partial charge in [0.2, 0.25) is 0 Å². The van der Waals surface area contributed by atoms with Crippen LogP contribution in [-0.4, -0.2) is 10.2 Å². The summed E-state index contributed by atoms with van der Waals surface area (Å²) in [6.07, 6.45) is 1.90. The Hall–Kier alpha value is -1.17. The van der Waals surface area contributed by atoms with Crippen molar-refractivity contribution in [1.82, 2.24) is 5.32 Å². The summed E-state index contributed by atoms with van der Waals surface area (Å²) in [5.74, 6) is -0.102. The van der Waals surface area contributed by atoms with Crippen molar-refractivity contribution in [3.05, 3.63) is 40.1 Å². The van der Waals surface area contributed by atoms with E-state index in [2.05, 4.69) is 22.8 Å². The molecule has 3 rings (SSSR count). The normalized spacial score (nSPS) is 18.0. The second kappa shape index (κ2) is 4.25. The molecular formula is C12H7NOS3. The molecule has 0 saturated carbocycles. The van der Waals surface area contributed by atoms with E-state index in [1.165, 1.54) is 21.8 Å². The standard InChI is InChI=1S/C12H7NOS3/c14-11-10(17-12(15)13-11)5-7-6-16-9-4-2-1-3-8(7)9/h1-6H,(H,13,14,15)/b10-5-. The lowest BCUT2D eigenvalue weighted by molar-refractivity contribution is -0.115. The van der Waals surface area contributed by atoms with Crippen LogP contribution < -0.4 is 5.32 Å². The molecule has 17 heavy (non-hydrogen) atoms. The highest BCUT2D eigenvalue weighted by molar-refractivity contribution is 8.26. The van der Waals surface area contributed by atoms with Crippen LogP contribution in [0.15, 0.2) is 34.6 Å². The van der Waals surface area contributed by atoms with E-state index in [0.29, 0.717) is 9.23 Å². The molecule has 1 aromatic heterocycles. The van der Waals surface area contributed by atoms with Gasteiger partial charge in [-0.2, -0.15) is 0 Å². The van der Waals surface area contributed by atoms with E-state index in [9.17, 15) is 4.79 Å². The van der Waals surface area contributed by atoms with Crippen molar-refractivity contribution in [2.75, 3.05) is 0 Å². The fraction of sp³-hybridized carbons (Fsp3) is 0. The van der Waals surface area contributed by atoms with Crippen LogP contribution in [0.2, 0.25) is 0 Å². The number of thiophene rings is 1. The minimum absolute atomic E-state index is 0.102. The van der Waals surface area contributed by atoms with Crippen molar-refractivity contribution in [2.24, 2.45) is 0 Å². The number of nitrogens with one attached hydrogen (secondary N) is 1. The van der Waals surface area contributed by atoms with Crippen LogP contribution in [0.5, 0.6) is 0 Å². The zero-order valence-electron chi connectivity index (χ0n) is 8.60. The highest BCUT2D eigenvalue weighted by Crippen LogP contribution is 2.31. The average molecular weight is 277 g/mol. The Bertz CT molecular complexity index is 657. The maximum absolute atomic E-state index is 11.6. The summed E-state index contributed by atoms with van der Waals surface area (Å²) in [6, 6.07) is 8.16. The summed E-state index contributed by atoms with van der Waals surface area (Å²) >= 11 is 7.96. The fourth-order valence-electron chi connectivity index (χ4n) is 1.67. The third-order valence-corrected chi connectivity index (χ3v) is 4.58. The molecule has 0 unspecified atom stereocenters. The smallest absolute Gasteiger partial charge is 0.263 e. The van der Waals surface area contributed by atoms with Crippen LogP contribution in [0, 0.1) is 0 Å². The predicted molar refractivity (Wildman–Crippen MR) is 78.1 cm³/mol. The van der Waals surface area contributed by atoms with Crippen LogP contribution >= 0.6 is 35.3 Å². The topological polar surface area (TPSA) is 29.1 Å². The Morgan fingerprint density at radius 3 is 2.88 bits per heavy atom. The van der Waals surface area contributed by atoms with E-state index >= 15 is 0 Å². The summed E-state index contributed by atoms with van der Waals surface area (Å²) in [4.78, 5) is 12.2. The molecule has 2 nitrogen and oxygen atoms in total. The number of benzene rings is 1. The molecule has 1 saturated heterocycles. The quantitative estimate of drug-likeness (QED) is 0.640. The molecule has 0 atom stereocenters. The highest BCUT2D eigenvalue weighted by atomic mass is 32.2. The van der Waals surface area contributed by atoms with Crippen molar-refractivity contribution in [1.29, 1.82) is 0 Å². The van der Waals surface area contributed by atoms with E-state index in [1.54, 1.807) is 11.3 Å². The molecule has 1 N–H and O–H groups in total.